The van der Waals surface area contributed by atoms with Crippen LogP contribution in [-0.2, 0) is 4.79 Å². The molecule has 0 atom stereocenters. The molecule has 0 unspecified atom stereocenters. The van der Waals surface area contributed by atoms with E-state index in [2.05, 4.69) is 5.32 Å². The quantitative estimate of drug-likeness (QED) is 0.663. The summed E-state index contributed by atoms with van der Waals surface area (Å²) in [5, 5.41) is 2.85. The molecular weight excluding hydrogens is 226 g/mol. The van der Waals surface area contributed by atoms with Crippen molar-refractivity contribution in [2.75, 3.05) is 6.54 Å². The molecule has 2 aliphatic heterocycles. The topological polar surface area (TPSA) is 75.4 Å². The predicted molar refractivity (Wildman–Crippen MR) is 61.7 cm³/mol. The van der Waals surface area contributed by atoms with E-state index in [1.165, 1.54) is 16.7 Å². The summed E-state index contributed by atoms with van der Waals surface area (Å²) in [6.45, 7) is 4.70. The van der Waals surface area contributed by atoms with Gasteiger partial charge in [0, 0.05) is 12.2 Å². The van der Waals surface area contributed by atoms with Crippen LogP contribution in [0.15, 0.2) is 10.6 Å². The number of amides is 3. The zero-order valence-corrected chi connectivity index (χ0v) is 10.1. The van der Waals surface area contributed by atoms with Crippen LogP contribution in [0.3, 0.4) is 0 Å². The van der Waals surface area contributed by atoms with Crippen molar-refractivity contribution >= 4 is 23.7 Å². The van der Waals surface area contributed by atoms with Gasteiger partial charge >= 0.3 is 6.03 Å². The standard InChI is InChI=1S/C10H14N3O2S/c1-10(2)3-6-7(8(14)12-4-10)16-5-13(6)9(11)15/h5H,3-4H2,1-2H3,(H2,11,15)(H,12,14). The minimum atomic E-state index is -0.539. The number of nitrogens with zero attached hydrogens (tertiary/aromatic N) is 1. The lowest BCUT2D eigenvalue weighted by Gasteiger charge is -2.26. The van der Waals surface area contributed by atoms with E-state index in [0.717, 1.165) is 5.70 Å². The highest BCUT2D eigenvalue weighted by atomic mass is 32.2. The number of primary amides is 1. The maximum Gasteiger partial charge on any atom is 0.320 e. The highest BCUT2D eigenvalue weighted by Crippen LogP contribution is 2.42. The van der Waals surface area contributed by atoms with Crippen LogP contribution >= 0.6 is 11.8 Å². The third-order valence-corrected chi connectivity index (χ3v) is 3.62. The Morgan fingerprint density at radius 1 is 1.62 bits per heavy atom. The second kappa shape index (κ2) is 3.69. The highest BCUT2D eigenvalue weighted by molar-refractivity contribution is 8.06. The van der Waals surface area contributed by atoms with E-state index in [9.17, 15) is 9.59 Å². The van der Waals surface area contributed by atoms with E-state index >= 15 is 0 Å². The predicted octanol–water partition coefficient (Wildman–Crippen LogP) is 0.991. The van der Waals surface area contributed by atoms with Crippen molar-refractivity contribution in [1.29, 1.82) is 0 Å². The largest absolute Gasteiger partial charge is 0.351 e. The van der Waals surface area contributed by atoms with Crippen molar-refractivity contribution < 1.29 is 9.59 Å². The lowest BCUT2D eigenvalue weighted by Crippen LogP contribution is -2.34. The third-order valence-electron chi connectivity index (χ3n) is 2.65. The monoisotopic (exact) mass is 240 g/mol. The normalized spacial score (nSPS) is 23.9. The molecule has 3 N–H and O–H groups in total. The lowest BCUT2D eigenvalue weighted by molar-refractivity contribution is -0.117. The van der Waals surface area contributed by atoms with Crippen molar-refractivity contribution in [3.8, 4) is 0 Å². The summed E-state index contributed by atoms with van der Waals surface area (Å²) < 4.78 is 0. The van der Waals surface area contributed by atoms with Gasteiger partial charge in [0.05, 0.1) is 4.91 Å². The molecule has 0 saturated carbocycles. The van der Waals surface area contributed by atoms with Gasteiger partial charge < -0.3 is 11.1 Å². The summed E-state index contributed by atoms with van der Waals surface area (Å²) in [5.41, 5.74) is 5.92. The Labute approximate surface area is 98.4 Å². The molecule has 87 valence electrons. The molecule has 3 amide bonds. The average Bonchev–Trinajstić information content (AvgIpc) is 2.53. The van der Waals surface area contributed by atoms with Crippen LogP contribution < -0.4 is 11.1 Å². The summed E-state index contributed by atoms with van der Waals surface area (Å²) in [7, 11) is 0. The number of thioether (sulfide) groups is 1. The minimum absolute atomic E-state index is 0.0703. The van der Waals surface area contributed by atoms with E-state index in [1.807, 2.05) is 13.8 Å². The van der Waals surface area contributed by atoms with E-state index in [1.54, 1.807) is 5.88 Å². The van der Waals surface area contributed by atoms with Gasteiger partial charge in [-0.1, -0.05) is 25.6 Å². The van der Waals surface area contributed by atoms with Crippen LogP contribution in [0.2, 0.25) is 0 Å². The maximum atomic E-state index is 11.8. The Morgan fingerprint density at radius 2 is 2.31 bits per heavy atom. The van der Waals surface area contributed by atoms with Gasteiger partial charge in [-0.3, -0.25) is 9.69 Å². The van der Waals surface area contributed by atoms with E-state index in [4.69, 9.17) is 5.73 Å². The molecule has 2 aliphatic rings. The molecule has 0 aromatic rings. The summed E-state index contributed by atoms with van der Waals surface area (Å²) >= 11 is 1.25. The molecule has 16 heavy (non-hydrogen) atoms. The van der Waals surface area contributed by atoms with Crippen molar-refractivity contribution in [2.45, 2.75) is 20.3 Å². The number of urea groups is 1. The first-order valence-electron chi connectivity index (χ1n) is 5.01. The van der Waals surface area contributed by atoms with Gasteiger partial charge in [0.25, 0.3) is 5.91 Å². The first-order chi connectivity index (χ1) is 7.41. The zero-order valence-electron chi connectivity index (χ0n) is 9.24. The molecule has 2 rings (SSSR count). The Balaban J connectivity index is 2.37. The SMILES string of the molecule is CC1(C)CNC(=O)C2=C(C1)N(C(N)=O)[CH]S2. The zero-order chi connectivity index (χ0) is 11.9. The Kier molecular flexibility index (Phi) is 2.61. The van der Waals surface area contributed by atoms with Crippen LogP contribution in [0.5, 0.6) is 0 Å². The maximum absolute atomic E-state index is 11.8. The molecule has 0 aromatic heterocycles. The number of carbonyl (C=O) groups excluding carboxylic acids is 2. The fourth-order valence-corrected chi connectivity index (χ4v) is 2.72. The van der Waals surface area contributed by atoms with E-state index < -0.39 is 6.03 Å². The van der Waals surface area contributed by atoms with Crippen molar-refractivity contribution in [3.63, 3.8) is 0 Å². The minimum Gasteiger partial charge on any atom is -0.351 e. The molecular formula is C10H14N3O2S. The van der Waals surface area contributed by atoms with Gasteiger partial charge in [0.2, 0.25) is 0 Å². The highest BCUT2D eigenvalue weighted by Gasteiger charge is 2.37. The van der Waals surface area contributed by atoms with Gasteiger partial charge in [-0.05, 0) is 11.8 Å². The van der Waals surface area contributed by atoms with Crippen LogP contribution in [0, 0.1) is 11.3 Å². The molecule has 0 saturated heterocycles. The van der Waals surface area contributed by atoms with Gasteiger partial charge in [-0.25, -0.2) is 4.79 Å². The molecule has 5 nitrogen and oxygen atoms in total. The molecule has 0 aromatic carbocycles. The summed E-state index contributed by atoms with van der Waals surface area (Å²) in [6.07, 6.45) is 0.660. The lowest BCUT2D eigenvalue weighted by atomic mass is 9.88. The second-order valence-corrected chi connectivity index (χ2v) is 5.59. The third kappa shape index (κ3) is 1.89. The number of hydrogen-bond donors (Lipinski definition) is 2. The molecule has 0 aliphatic carbocycles. The number of hydrogen-bond acceptors (Lipinski definition) is 3. The van der Waals surface area contributed by atoms with Crippen molar-refractivity contribution in [2.24, 2.45) is 11.1 Å². The van der Waals surface area contributed by atoms with Gasteiger partial charge in [-0.2, -0.15) is 0 Å². The second-order valence-electron chi connectivity index (χ2n) is 4.73. The average molecular weight is 240 g/mol. The van der Waals surface area contributed by atoms with Crippen LogP contribution in [0.25, 0.3) is 0 Å². The summed E-state index contributed by atoms with van der Waals surface area (Å²) in [6, 6.07) is -0.539. The van der Waals surface area contributed by atoms with Gasteiger partial charge in [-0.15, -0.1) is 0 Å². The fraction of sp³-hybridized carbons (Fsp3) is 0.500. The molecule has 6 heteroatoms. The summed E-state index contributed by atoms with van der Waals surface area (Å²) in [4.78, 5) is 24.9. The van der Waals surface area contributed by atoms with Crippen LogP contribution in [0.1, 0.15) is 20.3 Å². The van der Waals surface area contributed by atoms with Crippen molar-refractivity contribution in [1.82, 2.24) is 10.2 Å². The summed E-state index contributed by atoms with van der Waals surface area (Å²) in [5.74, 6) is 1.47. The number of carbonyl (C=O) groups is 2. The first kappa shape index (κ1) is 11.3. The smallest absolute Gasteiger partial charge is 0.320 e. The number of allylic oxidation sites excluding steroid dienone is 1. The van der Waals surface area contributed by atoms with Crippen LogP contribution in [-0.4, -0.2) is 23.4 Å². The van der Waals surface area contributed by atoms with E-state index in [0.29, 0.717) is 17.9 Å². The van der Waals surface area contributed by atoms with Crippen LogP contribution in [0.4, 0.5) is 4.79 Å². The number of nitrogens with one attached hydrogen (secondary N) is 1. The number of nitrogens with two attached hydrogens (primary N) is 1. The van der Waals surface area contributed by atoms with Gasteiger partial charge in [0.1, 0.15) is 5.88 Å². The molecule has 2 heterocycles. The number of rotatable bonds is 0. The first-order valence-corrected chi connectivity index (χ1v) is 5.89. The Hall–Kier alpha value is -1.17. The van der Waals surface area contributed by atoms with Crippen molar-refractivity contribution in [3.05, 3.63) is 16.5 Å². The Bertz CT molecular complexity index is 390. The molecule has 0 bridgehead atoms. The van der Waals surface area contributed by atoms with Gasteiger partial charge in [0.15, 0.2) is 0 Å². The molecule has 0 fully saturated rings. The molecule has 0 spiro atoms. The molecule has 1 radical (unpaired) electrons. The Morgan fingerprint density at radius 3 is 2.94 bits per heavy atom. The van der Waals surface area contributed by atoms with E-state index in [-0.39, 0.29) is 11.3 Å². The fourth-order valence-electron chi connectivity index (χ4n) is 1.80.